The fourth-order valence-corrected chi connectivity index (χ4v) is 4.00. The normalized spacial score (nSPS) is 18.3. The zero-order chi connectivity index (χ0) is 18.2. The maximum atomic E-state index is 12.7. The van der Waals surface area contributed by atoms with E-state index in [0.29, 0.717) is 5.92 Å². The number of aromatic nitrogens is 5. The number of amides is 1. The van der Waals surface area contributed by atoms with E-state index in [4.69, 9.17) is 0 Å². The van der Waals surface area contributed by atoms with E-state index < -0.39 is 0 Å². The highest BCUT2D eigenvalue weighted by molar-refractivity contribution is 5.77. The molecule has 1 aliphatic carbocycles. The number of rotatable bonds is 5. The van der Waals surface area contributed by atoms with Gasteiger partial charge in [0.25, 0.3) is 0 Å². The van der Waals surface area contributed by atoms with Crippen molar-refractivity contribution in [2.45, 2.75) is 44.7 Å². The molecule has 27 heavy (non-hydrogen) atoms. The highest BCUT2D eigenvalue weighted by Crippen LogP contribution is 2.33. The number of hydrogen-bond donors (Lipinski definition) is 0. The highest BCUT2D eigenvalue weighted by atomic mass is 16.2. The SMILES string of the molecule is O=C(Cn1nc2ccccc2n1)N1CCC(c2nccn2CC2CC2)CC1. The lowest BCUT2D eigenvalue weighted by molar-refractivity contribution is -0.133. The second kappa shape index (κ2) is 6.79. The second-order valence-electron chi connectivity index (χ2n) is 7.76. The van der Waals surface area contributed by atoms with Crippen molar-refractivity contribution >= 4 is 16.9 Å². The van der Waals surface area contributed by atoms with Crippen LogP contribution in [0.1, 0.15) is 37.4 Å². The topological polar surface area (TPSA) is 68.8 Å². The Morgan fingerprint density at radius 1 is 1.04 bits per heavy atom. The third kappa shape index (κ3) is 3.46. The van der Waals surface area contributed by atoms with Crippen molar-refractivity contribution in [3.05, 3.63) is 42.5 Å². The first-order valence-corrected chi connectivity index (χ1v) is 9.85. The van der Waals surface area contributed by atoms with Crippen LogP contribution in [0.5, 0.6) is 0 Å². The predicted molar refractivity (Wildman–Crippen MR) is 101 cm³/mol. The molecule has 140 valence electrons. The van der Waals surface area contributed by atoms with Gasteiger partial charge in [-0.1, -0.05) is 12.1 Å². The standard InChI is InChI=1S/C20H24N6O/c27-19(14-26-22-17-3-1-2-4-18(17)23-26)24-10-7-16(8-11-24)20-21-9-12-25(20)13-15-5-6-15/h1-4,9,12,15-16H,5-8,10-11,13-14H2. The van der Waals surface area contributed by atoms with Gasteiger partial charge in [0.2, 0.25) is 5.91 Å². The van der Waals surface area contributed by atoms with Gasteiger partial charge < -0.3 is 9.47 Å². The third-order valence-corrected chi connectivity index (χ3v) is 5.72. The van der Waals surface area contributed by atoms with Crippen LogP contribution in [0.15, 0.2) is 36.7 Å². The van der Waals surface area contributed by atoms with Crippen LogP contribution in [0.25, 0.3) is 11.0 Å². The number of imidazole rings is 1. The summed E-state index contributed by atoms with van der Waals surface area (Å²) in [5, 5.41) is 8.79. The molecule has 0 bridgehead atoms. The number of likely N-dealkylation sites (tertiary alicyclic amines) is 1. The maximum absolute atomic E-state index is 12.7. The van der Waals surface area contributed by atoms with Crippen molar-refractivity contribution in [1.82, 2.24) is 29.4 Å². The molecule has 2 aliphatic rings. The monoisotopic (exact) mass is 364 g/mol. The molecular formula is C20H24N6O. The quantitative estimate of drug-likeness (QED) is 0.697. The summed E-state index contributed by atoms with van der Waals surface area (Å²) < 4.78 is 2.33. The van der Waals surface area contributed by atoms with Gasteiger partial charge in [-0.2, -0.15) is 15.0 Å². The first-order valence-electron chi connectivity index (χ1n) is 9.85. The van der Waals surface area contributed by atoms with Gasteiger partial charge in [0, 0.05) is 37.9 Å². The van der Waals surface area contributed by atoms with Gasteiger partial charge in [0.15, 0.2) is 0 Å². The largest absolute Gasteiger partial charge is 0.341 e. The summed E-state index contributed by atoms with van der Waals surface area (Å²) >= 11 is 0. The van der Waals surface area contributed by atoms with E-state index in [0.717, 1.165) is 49.4 Å². The molecular weight excluding hydrogens is 340 g/mol. The summed E-state index contributed by atoms with van der Waals surface area (Å²) in [6.45, 7) is 2.86. The molecule has 5 rings (SSSR count). The summed E-state index contributed by atoms with van der Waals surface area (Å²) in [7, 11) is 0. The van der Waals surface area contributed by atoms with Crippen molar-refractivity contribution in [3.8, 4) is 0 Å². The number of carbonyl (C=O) groups excluding carboxylic acids is 1. The molecule has 3 aromatic rings. The molecule has 0 radical (unpaired) electrons. The summed E-state index contributed by atoms with van der Waals surface area (Å²) in [6.07, 6.45) is 8.68. The lowest BCUT2D eigenvalue weighted by Gasteiger charge is -2.31. The van der Waals surface area contributed by atoms with Crippen molar-refractivity contribution in [3.63, 3.8) is 0 Å². The van der Waals surface area contributed by atoms with Gasteiger partial charge in [-0.3, -0.25) is 4.79 Å². The van der Waals surface area contributed by atoms with Gasteiger partial charge in [0.1, 0.15) is 23.4 Å². The average molecular weight is 364 g/mol. The lowest BCUT2D eigenvalue weighted by Crippen LogP contribution is -2.40. The number of benzene rings is 1. The van der Waals surface area contributed by atoms with E-state index in [1.165, 1.54) is 23.5 Å². The Kier molecular flexibility index (Phi) is 4.14. The van der Waals surface area contributed by atoms with Crippen LogP contribution in [0, 0.1) is 5.92 Å². The molecule has 1 saturated carbocycles. The Morgan fingerprint density at radius 2 is 1.74 bits per heavy atom. The molecule has 1 saturated heterocycles. The summed E-state index contributed by atoms with van der Waals surface area (Å²) in [6, 6.07) is 7.69. The van der Waals surface area contributed by atoms with Gasteiger partial charge in [-0.05, 0) is 43.7 Å². The molecule has 7 nitrogen and oxygen atoms in total. The Balaban J connectivity index is 1.20. The van der Waals surface area contributed by atoms with Crippen molar-refractivity contribution in [2.75, 3.05) is 13.1 Å². The summed E-state index contributed by atoms with van der Waals surface area (Å²) in [5.74, 6) is 2.59. The number of hydrogen-bond acceptors (Lipinski definition) is 4. The third-order valence-electron chi connectivity index (χ3n) is 5.72. The van der Waals surface area contributed by atoms with Crippen molar-refractivity contribution < 1.29 is 4.79 Å². The zero-order valence-electron chi connectivity index (χ0n) is 15.4. The van der Waals surface area contributed by atoms with Crippen LogP contribution < -0.4 is 0 Å². The number of fused-ring (bicyclic) bond motifs is 1. The molecule has 0 N–H and O–H groups in total. The van der Waals surface area contributed by atoms with Crippen LogP contribution in [-0.2, 0) is 17.9 Å². The fraction of sp³-hybridized carbons (Fsp3) is 0.500. The van der Waals surface area contributed by atoms with Gasteiger partial charge >= 0.3 is 0 Å². The summed E-state index contributed by atoms with van der Waals surface area (Å²) in [5.41, 5.74) is 1.65. The molecule has 1 aromatic carbocycles. The van der Waals surface area contributed by atoms with Crippen LogP contribution in [-0.4, -0.2) is 48.4 Å². The fourth-order valence-electron chi connectivity index (χ4n) is 4.00. The van der Waals surface area contributed by atoms with E-state index in [-0.39, 0.29) is 12.5 Å². The number of carbonyl (C=O) groups is 1. The first kappa shape index (κ1) is 16.5. The second-order valence-corrected chi connectivity index (χ2v) is 7.76. The molecule has 2 aromatic heterocycles. The average Bonchev–Trinajstić information content (AvgIpc) is 3.22. The van der Waals surface area contributed by atoms with Crippen molar-refractivity contribution in [1.29, 1.82) is 0 Å². The van der Waals surface area contributed by atoms with E-state index >= 15 is 0 Å². The van der Waals surface area contributed by atoms with Crippen LogP contribution in [0.2, 0.25) is 0 Å². The number of nitrogens with zero attached hydrogens (tertiary/aromatic N) is 6. The minimum atomic E-state index is 0.0927. The smallest absolute Gasteiger partial charge is 0.246 e. The van der Waals surface area contributed by atoms with Gasteiger partial charge in [-0.15, -0.1) is 0 Å². The van der Waals surface area contributed by atoms with Gasteiger partial charge in [0.05, 0.1) is 0 Å². The van der Waals surface area contributed by atoms with Crippen LogP contribution in [0.3, 0.4) is 0 Å². The van der Waals surface area contributed by atoms with Crippen LogP contribution >= 0.6 is 0 Å². The maximum Gasteiger partial charge on any atom is 0.246 e. The van der Waals surface area contributed by atoms with E-state index in [1.807, 2.05) is 35.4 Å². The Morgan fingerprint density at radius 3 is 2.41 bits per heavy atom. The summed E-state index contributed by atoms with van der Waals surface area (Å²) in [4.78, 5) is 20.7. The van der Waals surface area contributed by atoms with Crippen LogP contribution in [0.4, 0.5) is 0 Å². The number of piperidine rings is 1. The first-order chi connectivity index (χ1) is 13.3. The molecule has 0 unspecified atom stereocenters. The van der Waals surface area contributed by atoms with Gasteiger partial charge in [-0.25, -0.2) is 4.98 Å². The zero-order valence-corrected chi connectivity index (χ0v) is 15.4. The van der Waals surface area contributed by atoms with E-state index in [9.17, 15) is 4.79 Å². The molecule has 7 heteroatoms. The minimum Gasteiger partial charge on any atom is -0.341 e. The predicted octanol–water partition coefficient (Wildman–Crippen LogP) is 2.44. The lowest BCUT2D eigenvalue weighted by atomic mass is 9.95. The Bertz CT molecular complexity index is 915. The molecule has 1 amide bonds. The molecule has 1 aliphatic heterocycles. The van der Waals surface area contributed by atoms with E-state index in [2.05, 4.69) is 25.9 Å². The van der Waals surface area contributed by atoms with E-state index in [1.54, 1.807) is 0 Å². The molecule has 0 atom stereocenters. The Labute approximate surface area is 158 Å². The van der Waals surface area contributed by atoms with Crippen molar-refractivity contribution in [2.24, 2.45) is 5.92 Å². The molecule has 3 heterocycles. The highest BCUT2D eigenvalue weighted by Gasteiger charge is 2.28. The molecule has 0 spiro atoms. The minimum absolute atomic E-state index is 0.0927. The molecule has 2 fully saturated rings. The Hall–Kier alpha value is -2.70.